The number of carbonyl (C=O) groups excluding carboxylic acids is 1. The van der Waals surface area contributed by atoms with Crippen LogP contribution >= 0.6 is 0 Å². The van der Waals surface area contributed by atoms with Gasteiger partial charge in [0.05, 0.1) is 30.1 Å². The number of carbonyl (C=O) groups is 1. The van der Waals surface area contributed by atoms with Gasteiger partial charge in [0.25, 0.3) is 5.91 Å². The molecule has 1 unspecified atom stereocenters. The van der Waals surface area contributed by atoms with E-state index in [1.807, 2.05) is 41.4 Å². The summed E-state index contributed by atoms with van der Waals surface area (Å²) in [6.45, 7) is 2.27. The minimum Gasteiger partial charge on any atom is -0.496 e. The highest BCUT2D eigenvalue weighted by molar-refractivity contribution is 5.97. The van der Waals surface area contributed by atoms with Crippen LogP contribution in [0.4, 0.5) is 10.1 Å². The second kappa shape index (κ2) is 10.4. The molecule has 0 saturated carbocycles. The van der Waals surface area contributed by atoms with Crippen LogP contribution in [0, 0.1) is 17.7 Å². The largest absolute Gasteiger partial charge is 0.496 e. The Balaban J connectivity index is 1.28. The average molecular weight is 522 g/mol. The van der Waals surface area contributed by atoms with E-state index in [2.05, 4.69) is 42.1 Å². The zero-order valence-corrected chi connectivity index (χ0v) is 22.2. The summed E-state index contributed by atoms with van der Waals surface area (Å²) in [7, 11) is 1.59. The van der Waals surface area contributed by atoms with Crippen molar-refractivity contribution in [1.82, 2.24) is 10.7 Å². The summed E-state index contributed by atoms with van der Waals surface area (Å²) in [6.07, 6.45) is 7.22. The summed E-state index contributed by atoms with van der Waals surface area (Å²) in [4.78, 5) is 13.4. The number of allylic oxidation sites excluding steroid dienone is 4. The quantitative estimate of drug-likeness (QED) is 0.357. The topological polar surface area (TPSA) is 53.6 Å². The highest BCUT2D eigenvalue weighted by atomic mass is 19.1. The van der Waals surface area contributed by atoms with Gasteiger partial charge in [-0.1, -0.05) is 55.0 Å². The van der Waals surface area contributed by atoms with Crippen molar-refractivity contribution in [2.75, 3.05) is 12.1 Å². The van der Waals surface area contributed by atoms with Crippen molar-refractivity contribution in [2.45, 2.75) is 32.2 Å². The molecule has 3 aromatic rings. The fourth-order valence-corrected chi connectivity index (χ4v) is 6.28. The predicted octanol–water partition coefficient (Wildman–Crippen LogP) is 6.84. The number of methoxy groups -OCH3 is 1. The predicted molar refractivity (Wildman–Crippen MR) is 151 cm³/mol. The lowest BCUT2D eigenvalue weighted by molar-refractivity contribution is 0.0928. The minimum atomic E-state index is -0.244. The van der Waals surface area contributed by atoms with Gasteiger partial charge in [0, 0.05) is 17.7 Å². The lowest BCUT2D eigenvalue weighted by atomic mass is 9.78. The smallest absolute Gasteiger partial charge is 0.255 e. The molecule has 2 aliphatic carbocycles. The number of hydrogen-bond acceptors (Lipinski definition) is 4. The molecule has 3 atom stereocenters. The Morgan fingerprint density at radius 3 is 2.59 bits per heavy atom. The number of ether oxygens (including phenoxy) is 1. The Hall–Kier alpha value is -4.32. The number of rotatable bonds is 7. The molecule has 1 amide bonds. The van der Waals surface area contributed by atoms with Crippen LogP contribution in [0.1, 0.15) is 48.1 Å². The van der Waals surface area contributed by atoms with E-state index in [9.17, 15) is 9.18 Å². The fraction of sp³-hybridized carbons (Fsp3) is 0.242. The number of benzene rings is 3. The highest BCUT2D eigenvalue weighted by Gasteiger charge is 2.39. The summed E-state index contributed by atoms with van der Waals surface area (Å²) in [5.74, 6) is 0.776. The first kappa shape index (κ1) is 25.0. The first-order valence-electron chi connectivity index (χ1n) is 13.5. The first-order chi connectivity index (χ1) is 19.0. The molecule has 0 bridgehead atoms. The summed E-state index contributed by atoms with van der Waals surface area (Å²) in [5, 5.41) is 5.35. The van der Waals surface area contributed by atoms with Gasteiger partial charge >= 0.3 is 0 Å². The number of nitrogens with zero attached hydrogens (tertiary/aromatic N) is 1. The molecule has 0 aromatic heterocycles. The normalized spacial score (nSPS) is 20.4. The van der Waals surface area contributed by atoms with Crippen LogP contribution in [-0.4, -0.2) is 13.0 Å². The minimum absolute atomic E-state index is 0.134. The number of hydrazine groups is 1. The van der Waals surface area contributed by atoms with E-state index >= 15 is 0 Å². The van der Waals surface area contributed by atoms with E-state index in [0.29, 0.717) is 17.2 Å². The molecule has 1 aliphatic heterocycles. The van der Waals surface area contributed by atoms with E-state index in [1.54, 1.807) is 25.3 Å². The Morgan fingerprint density at radius 2 is 1.82 bits per heavy atom. The number of hydrogen-bond donors (Lipinski definition) is 2. The molecule has 2 N–H and O–H groups in total. The standard InChI is InChI=1S/C33H32FN3O2/c1-21-28-20-35-37(26-16-14-25(34)15-17-26)30(28)19-24-13-12-23(32(21)24)18-29(22-8-4-3-5-9-22)36-33(38)27-10-6-7-11-31(27)39-2/h3-11,14-17,19-21,23,29,35H,12-13,18H2,1-2H3,(H,36,38)/t21-,23+,29?/m0/s1. The summed E-state index contributed by atoms with van der Waals surface area (Å²) >= 11 is 0. The van der Waals surface area contributed by atoms with Crippen LogP contribution in [0.25, 0.3) is 0 Å². The van der Waals surface area contributed by atoms with E-state index in [4.69, 9.17) is 4.74 Å². The number of fused-ring (bicyclic) bond motifs is 1. The van der Waals surface area contributed by atoms with Gasteiger partial charge in [0.1, 0.15) is 11.6 Å². The summed E-state index contributed by atoms with van der Waals surface area (Å²) in [6, 6.07) is 24.0. The lowest BCUT2D eigenvalue weighted by Crippen LogP contribution is -2.31. The van der Waals surface area contributed by atoms with Crippen LogP contribution in [-0.2, 0) is 0 Å². The van der Waals surface area contributed by atoms with Crippen molar-refractivity contribution in [2.24, 2.45) is 11.8 Å². The summed E-state index contributed by atoms with van der Waals surface area (Å²) < 4.78 is 19.0. The molecule has 0 saturated heterocycles. The molecular formula is C33H32FN3O2. The van der Waals surface area contributed by atoms with Gasteiger partial charge in [0.2, 0.25) is 0 Å². The van der Waals surface area contributed by atoms with Crippen molar-refractivity contribution in [1.29, 1.82) is 0 Å². The number of nitrogens with one attached hydrogen (secondary N) is 2. The van der Waals surface area contributed by atoms with Crippen LogP contribution < -0.4 is 20.5 Å². The van der Waals surface area contributed by atoms with Gasteiger partial charge in [-0.15, -0.1) is 0 Å². The Morgan fingerprint density at radius 1 is 1.08 bits per heavy atom. The number of halogens is 1. The summed E-state index contributed by atoms with van der Waals surface area (Å²) in [5.41, 5.74) is 11.1. The van der Waals surface area contributed by atoms with E-state index in [-0.39, 0.29) is 23.7 Å². The van der Waals surface area contributed by atoms with E-state index < -0.39 is 0 Å². The van der Waals surface area contributed by atoms with Crippen molar-refractivity contribution in [3.8, 4) is 5.75 Å². The average Bonchev–Trinajstić information content (AvgIpc) is 3.58. The molecule has 0 radical (unpaired) electrons. The molecule has 1 heterocycles. The number of amides is 1. The molecule has 3 aromatic carbocycles. The van der Waals surface area contributed by atoms with Crippen LogP contribution in [0.5, 0.6) is 5.75 Å². The van der Waals surface area contributed by atoms with Crippen LogP contribution in [0.3, 0.4) is 0 Å². The third-order valence-corrected chi connectivity index (χ3v) is 8.17. The fourth-order valence-electron chi connectivity index (χ4n) is 6.28. The van der Waals surface area contributed by atoms with Crippen molar-refractivity contribution in [3.63, 3.8) is 0 Å². The van der Waals surface area contributed by atoms with Crippen LogP contribution in [0.15, 0.2) is 114 Å². The molecule has 0 spiro atoms. The molecule has 198 valence electrons. The molecule has 6 rings (SSSR count). The zero-order chi connectivity index (χ0) is 26.9. The maximum absolute atomic E-state index is 13.5. The molecule has 3 aliphatic rings. The van der Waals surface area contributed by atoms with Crippen molar-refractivity contribution >= 4 is 11.6 Å². The zero-order valence-electron chi connectivity index (χ0n) is 22.2. The Kier molecular flexibility index (Phi) is 6.69. The van der Waals surface area contributed by atoms with Crippen molar-refractivity contribution < 1.29 is 13.9 Å². The van der Waals surface area contributed by atoms with Gasteiger partial charge in [0.15, 0.2) is 0 Å². The monoisotopic (exact) mass is 521 g/mol. The van der Waals surface area contributed by atoms with Gasteiger partial charge in [-0.3, -0.25) is 9.80 Å². The number of anilines is 1. The van der Waals surface area contributed by atoms with Crippen molar-refractivity contribution in [3.05, 3.63) is 130 Å². The maximum atomic E-state index is 13.5. The van der Waals surface area contributed by atoms with Gasteiger partial charge in [-0.25, -0.2) is 4.39 Å². The van der Waals surface area contributed by atoms with E-state index in [0.717, 1.165) is 36.2 Å². The third-order valence-electron chi connectivity index (χ3n) is 8.17. The first-order valence-corrected chi connectivity index (χ1v) is 13.5. The number of para-hydroxylation sites is 1. The molecule has 39 heavy (non-hydrogen) atoms. The molecule has 6 heteroatoms. The SMILES string of the molecule is COc1ccccc1C(=O)NC(C[C@H]1CCC2=C1[C@@H](C)C1=CNN(c3ccc(F)cc3)C1=C2)c1ccccc1. The van der Waals surface area contributed by atoms with Gasteiger partial charge in [-0.2, -0.15) is 0 Å². The second-order valence-corrected chi connectivity index (χ2v) is 10.4. The molecule has 0 fully saturated rings. The van der Waals surface area contributed by atoms with E-state index in [1.165, 1.54) is 28.9 Å². The highest BCUT2D eigenvalue weighted by Crippen LogP contribution is 2.49. The van der Waals surface area contributed by atoms with Gasteiger partial charge < -0.3 is 15.5 Å². The van der Waals surface area contributed by atoms with Gasteiger partial charge in [-0.05, 0) is 78.8 Å². The van der Waals surface area contributed by atoms with Crippen LogP contribution in [0.2, 0.25) is 0 Å². The lowest BCUT2D eigenvalue weighted by Gasteiger charge is -2.31. The Bertz CT molecular complexity index is 1480. The molecule has 5 nitrogen and oxygen atoms in total. The third kappa shape index (κ3) is 4.71. The molecular weight excluding hydrogens is 489 g/mol. The Labute approximate surface area is 228 Å². The maximum Gasteiger partial charge on any atom is 0.255 e. The second-order valence-electron chi connectivity index (χ2n) is 10.4.